The summed E-state index contributed by atoms with van der Waals surface area (Å²) in [4.78, 5) is 24.3. The van der Waals surface area contributed by atoms with Crippen LogP contribution < -0.4 is 0 Å². The molecule has 0 aliphatic heterocycles. The third kappa shape index (κ3) is 4.09. The highest BCUT2D eigenvalue weighted by molar-refractivity contribution is 7.99. The quantitative estimate of drug-likeness (QED) is 0.833. The molecular formula is C16H13ClO3S. The predicted molar refractivity (Wildman–Crippen MR) is 83.4 cm³/mol. The lowest BCUT2D eigenvalue weighted by Gasteiger charge is -2.12. The van der Waals surface area contributed by atoms with E-state index in [1.807, 2.05) is 12.1 Å². The minimum atomic E-state index is -0.923. The maximum atomic E-state index is 11.8. The number of benzene rings is 2. The number of halogens is 1. The summed E-state index contributed by atoms with van der Waals surface area (Å²) in [5.41, 5.74) is 1.17. The topological polar surface area (TPSA) is 54.4 Å². The van der Waals surface area contributed by atoms with Crippen molar-refractivity contribution >= 4 is 35.1 Å². The van der Waals surface area contributed by atoms with Gasteiger partial charge in [-0.15, -0.1) is 0 Å². The molecule has 2 aromatic rings. The van der Waals surface area contributed by atoms with Gasteiger partial charge in [-0.3, -0.25) is 9.59 Å². The first-order valence-corrected chi connectivity index (χ1v) is 7.45. The van der Waals surface area contributed by atoms with Crippen LogP contribution in [0.15, 0.2) is 52.3 Å². The van der Waals surface area contributed by atoms with Crippen molar-refractivity contribution in [1.82, 2.24) is 0 Å². The third-order valence-corrected chi connectivity index (χ3v) is 4.30. The molecule has 0 aliphatic rings. The van der Waals surface area contributed by atoms with Crippen molar-refractivity contribution in [1.29, 1.82) is 0 Å². The van der Waals surface area contributed by atoms with Crippen molar-refractivity contribution in [3.63, 3.8) is 0 Å². The van der Waals surface area contributed by atoms with Crippen LogP contribution in [0.25, 0.3) is 0 Å². The molecule has 0 radical (unpaired) electrons. The fourth-order valence-electron chi connectivity index (χ4n) is 1.91. The molecule has 0 spiro atoms. The van der Waals surface area contributed by atoms with E-state index in [4.69, 9.17) is 16.7 Å². The van der Waals surface area contributed by atoms with Gasteiger partial charge in [0.1, 0.15) is 0 Å². The zero-order valence-corrected chi connectivity index (χ0v) is 12.9. The lowest BCUT2D eigenvalue weighted by atomic mass is 10.1. The molecule has 108 valence electrons. The minimum Gasteiger partial charge on any atom is -0.481 e. The zero-order valence-electron chi connectivity index (χ0n) is 11.3. The van der Waals surface area contributed by atoms with Crippen LogP contribution in [0.1, 0.15) is 22.8 Å². The molecule has 5 heteroatoms. The number of ketones is 1. The van der Waals surface area contributed by atoms with E-state index in [1.165, 1.54) is 18.7 Å². The Hall–Kier alpha value is -1.78. The second-order valence-corrected chi connectivity index (χ2v) is 6.00. The van der Waals surface area contributed by atoms with Gasteiger partial charge in [-0.2, -0.15) is 0 Å². The van der Waals surface area contributed by atoms with Gasteiger partial charge in [0.05, 0.1) is 6.42 Å². The monoisotopic (exact) mass is 320 g/mol. The van der Waals surface area contributed by atoms with E-state index < -0.39 is 5.97 Å². The van der Waals surface area contributed by atoms with Crippen LogP contribution in [-0.2, 0) is 11.2 Å². The van der Waals surface area contributed by atoms with Crippen LogP contribution in [-0.4, -0.2) is 16.9 Å². The number of carbonyl (C=O) groups excluding carboxylic acids is 1. The Morgan fingerprint density at radius 1 is 1.14 bits per heavy atom. The van der Waals surface area contributed by atoms with E-state index in [0.29, 0.717) is 21.0 Å². The van der Waals surface area contributed by atoms with Crippen molar-refractivity contribution in [2.75, 3.05) is 0 Å². The van der Waals surface area contributed by atoms with Gasteiger partial charge < -0.3 is 5.11 Å². The second-order valence-electron chi connectivity index (χ2n) is 4.48. The molecular weight excluding hydrogens is 308 g/mol. The Morgan fingerprint density at radius 2 is 1.81 bits per heavy atom. The van der Waals surface area contributed by atoms with Crippen molar-refractivity contribution in [2.45, 2.75) is 23.1 Å². The molecule has 21 heavy (non-hydrogen) atoms. The Bertz CT molecular complexity index is 680. The summed E-state index contributed by atoms with van der Waals surface area (Å²) >= 11 is 7.23. The normalized spacial score (nSPS) is 10.4. The summed E-state index contributed by atoms with van der Waals surface area (Å²) in [5, 5.41) is 9.64. The van der Waals surface area contributed by atoms with Crippen LogP contribution in [0.3, 0.4) is 0 Å². The molecule has 0 fully saturated rings. The molecule has 1 N–H and O–H groups in total. The van der Waals surface area contributed by atoms with Gasteiger partial charge in [0.15, 0.2) is 5.78 Å². The maximum Gasteiger partial charge on any atom is 0.307 e. The van der Waals surface area contributed by atoms with Crippen molar-refractivity contribution < 1.29 is 14.7 Å². The van der Waals surface area contributed by atoms with Crippen LogP contribution in [0.4, 0.5) is 0 Å². The number of aliphatic carboxylic acids is 1. The number of carboxylic acids is 1. The van der Waals surface area contributed by atoms with Crippen LogP contribution >= 0.6 is 23.4 Å². The number of Topliss-reactive ketones (excluding diaryl/α,β-unsaturated/α-hetero) is 1. The molecule has 0 aliphatic carbocycles. The van der Waals surface area contributed by atoms with Crippen molar-refractivity contribution in [2.24, 2.45) is 0 Å². The van der Waals surface area contributed by atoms with Gasteiger partial charge >= 0.3 is 5.97 Å². The average molecular weight is 321 g/mol. The maximum absolute atomic E-state index is 11.8. The second kappa shape index (κ2) is 6.78. The SMILES string of the molecule is CC(=O)c1cccc(CC(=O)O)c1Sc1ccc(Cl)cc1. The first-order valence-electron chi connectivity index (χ1n) is 6.25. The molecule has 0 saturated carbocycles. The number of rotatable bonds is 5. The van der Waals surface area contributed by atoms with Gasteiger partial charge in [-0.1, -0.05) is 41.6 Å². The molecule has 2 rings (SSSR count). The molecule has 3 nitrogen and oxygen atoms in total. The molecule has 0 heterocycles. The summed E-state index contributed by atoms with van der Waals surface area (Å²) in [6.07, 6.45) is -0.114. The van der Waals surface area contributed by atoms with Crippen molar-refractivity contribution in [3.05, 3.63) is 58.6 Å². The van der Waals surface area contributed by atoms with Crippen molar-refractivity contribution in [3.8, 4) is 0 Å². The molecule has 0 bridgehead atoms. The standard InChI is InChI=1S/C16H13ClO3S/c1-10(18)14-4-2-3-11(9-15(19)20)16(14)21-13-7-5-12(17)6-8-13/h2-8H,9H2,1H3,(H,19,20). The number of hydrogen-bond acceptors (Lipinski definition) is 3. The Labute approximate surface area is 131 Å². The lowest BCUT2D eigenvalue weighted by Crippen LogP contribution is -2.05. The lowest BCUT2D eigenvalue weighted by molar-refractivity contribution is -0.136. The van der Waals surface area contributed by atoms with Crippen LogP contribution in [0, 0.1) is 0 Å². The Morgan fingerprint density at radius 3 is 2.38 bits per heavy atom. The summed E-state index contributed by atoms with van der Waals surface area (Å²) in [6.45, 7) is 1.48. The number of carbonyl (C=O) groups is 2. The van der Waals surface area contributed by atoms with E-state index in [2.05, 4.69) is 0 Å². The van der Waals surface area contributed by atoms with E-state index in [-0.39, 0.29) is 12.2 Å². The van der Waals surface area contributed by atoms with Gasteiger partial charge in [0, 0.05) is 20.4 Å². The van der Waals surface area contributed by atoms with E-state index in [0.717, 1.165) is 4.90 Å². The summed E-state index contributed by atoms with van der Waals surface area (Å²) in [6, 6.07) is 12.4. The first kappa shape index (κ1) is 15.6. The fourth-order valence-corrected chi connectivity index (χ4v) is 3.13. The molecule has 0 saturated heterocycles. The molecule has 0 atom stereocenters. The van der Waals surface area contributed by atoms with Crippen LogP contribution in [0.5, 0.6) is 0 Å². The number of carboxylic acid groups (broad SMARTS) is 1. The summed E-state index contributed by atoms with van der Waals surface area (Å²) in [5.74, 6) is -1.01. The van der Waals surface area contributed by atoms with E-state index in [9.17, 15) is 9.59 Å². The van der Waals surface area contributed by atoms with Gasteiger partial charge in [0.25, 0.3) is 0 Å². The molecule has 0 aromatic heterocycles. The highest BCUT2D eigenvalue weighted by Gasteiger charge is 2.15. The van der Waals surface area contributed by atoms with E-state index >= 15 is 0 Å². The average Bonchev–Trinajstić information content (AvgIpc) is 2.42. The van der Waals surface area contributed by atoms with Gasteiger partial charge in [0.2, 0.25) is 0 Å². The van der Waals surface area contributed by atoms with Gasteiger partial charge in [-0.05, 0) is 36.8 Å². The highest BCUT2D eigenvalue weighted by Crippen LogP contribution is 2.34. The largest absolute Gasteiger partial charge is 0.481 e. The Kier molecular flexibility index (Phi) is 5.04. The third-order valence-electron chi connectivity index (χ3n) is 2.85. The zero-order chi connectivity index (χ0) is 15.4. The predicted octanol–water partition coefficient (Wildman–Crippen LogP) is 4.32. The first-order chi connectivity index (χ1) is 9.97. The Balaban J connectivity index is 2.45. The smallest absolute Gasteiger partial charge is 0.307 e. The molecule has 2 aromatic carbocycles. The summed E-state index contributed by atoms with van der Waals surface area (Å²) < 4.78 is 0. The molecule has 0 unspecified atom stereocenters. The fraction of sp³-hybridized carbons (Fsp3) is 0.125. The van der Waals surface area contributed by atoms with E-state index in [1.54, 1.807) is 30.3 Å². The number of hydrogen-bond donors (Lipinski definition) is 1. The van der Waals surface area contributed by atoms with Gasteiger partial charge in [-0.25, -0.2) is 0 Å². The minimum absolute atomic E-state index is 0.0845. The highest BCUT2D eigenvalue weighted by atomic mass is 35.5. The van der Waals surface area contributed by atoms with Crippen LogP contribution in [0.2, 0.25) is 5.02 Å². The molecule has 0 amide bonds. The summed E-state index contributed by atoms with van der Waals surface area (Å²) in [7, 11) is 0.